The highest BCUT2D eigenvalue weighted by Crippen LogP contribution is 2.22. The van der Waals surface area contributed by atoms with Gasteiger partial charge in [-0.1, -0.05) is 11.6 Å². The summed E-state index contributed by atoms with van der Waals surface area (Å²) in [5.41, 5.74) is 3.04. The average Bonchev–Trinajstić information content (AvgIpc) is 2.14. The molecule has 0 aliphatic carbocycles. The molecule has 0 radical (unpaired) electrons. The molecule has 5 nitrogen and oxygen atoms in total. The number of nitro groups is 1. The molecule has 0 aliphatic heterocycles. The fourth-order valence-corrected chi connectivity index (χ4v) is 1.22. The largest absolute Gasteiger partial charge is 0.305 e. The second-order valence-corrected chi connectivity index (χ2v) is 2.99. The van der Waals surface area contributed by atoms with Gasteiger partial charge in [-0.25, -0.2) is 0 Å². The Bertz CT molecular complexity index is 343. The van der Waals surface area contributed by atoms with Crippen LogP contribution in [0.15, 0.2) is 18.2 Å². The third-order valence-corrected chi connectivity index (χ3v) is 1.88. The topological polar surface area (TPSA) is 64.4 Å². The SMILES string of the molecule is CONCc1cc(Cl)ccc1[N+](=O)[O-]. The van der Waals surface area contributed by atoms with E-state index in [0.717, 1.165) is 0 Å². The third-order valence-electron chi connectivity index (χ3n) is 1.65. The van der Waals surface area contributed by atoms with E-state index < -0.39 is 4.92 Å². The maximum atomic E-state index is 10.6. The number of benzene rings is 1. The summed E-state index contributed by atoms with van der Waals surface area (Å²) in [7, 11) is 1.44. The Hall–Kier alpha value is -1.17. The quantitative estimate of drug-likeness (QED) is 0.617. The molecule has 0 atom stereocenters. The number of hydrogen-bond donors (Lipinski definition) is 1. The summed E-state index contributed by atoms with van der Waals surface area (Å²) in [4.78, 5) is 14.7. The van der Waals surface area contributed by atoms with Crippen molar-refractivity contribution < 1.29 is 9.76 Å². The lowest BCUT2D eigenvalue weighted by Gasteiger charge is -2.03. The van der Waals surface area contributed by atoms with Gasteiger partial charge in [-0.05, 0) is 12.1 Å². The number of hydrogen-bond acceptors (Lipinski definition) is 4. The molecule has 1 aromatic rings. The van der Waals surface area contributed by atoms with Crippen molar-refractivity contribution in [1.82, 2.24) is 5.48 Å². The zero-order chi connectivity index (χ0) is 10.6. The van der Waals surface area contributed by atoms with Crippen LogP contribution in [0.5, 0.6) is 0 Å². The van der Waals surface area contributed by atoms with E-state index in [2.05, 4.69) is 10.3 Å². The van der Waals surface area contributed by atoms with Gasteiger partial charge in [0.1, 0.15) is 0 Å². The number of nitrogens with zero attached hydrogens (tertiary/aromatic N) is 1. The molecule has 0 heterocycles. The van der Waals surface area contributed by atoms with Crippen molar-refractivity contribution >= 4 is 17.3 Å². The normalized spacial score (nSPS) is 10.1. The van der Waals surface area contributed by atoms with Gasteiger partial charge in [0, 0.05) is 16.7 Å². The summed E-state index contributed by atoms with van der Waals surface area (Å²) in [5, 5.41) is 11.1. The number of nitro benzene ring substituents is 1. The van der Waals surface area contributed by atoms with Gasteiger partial charge < -0.3 is 4.84 Å². The summed E-state index contributed by atoms with van der Waals surface area (Å²) < 4.78 is 0. The third kappa shape index (κ3) is 2.66. The lowest BCUT2D eigenvalue weighted by atomic mass is 10.2. The summed E-state index contributed by atoms with van der Waals surface area (Å²) in [6.45, 7) is 0.243. The average molecular weight is 217 g/mol. The molecule has 0 aliphatic rings. The van der Waals surface area contributed by atoms with Crippen molar-refractivity contribution in [2.45, 2.75) is 6.54 Å². The fraction of sp³-hybridized carbons (Fsp3) is 0.250. The van der Waals surface area contributed by atoms with Gasteiger partial charge in [-0.3, -0.25) is 10.1 Å². The number of rotatable bonds is 4. The second kappa shape index (κ2) is 4.90. The minimum Gasteiger partial charge on any atom is -0.305 e. The Morgan fingerprint density at radius 3 is 2.93 bits per heavy atom. The first-order valence-electron chi connectivity index (χ1n) is 3.84. The molecule has 0 fully saturated rings. The zero-order valence-corrected chi connectivity index (χ0v) is 8.25. The number of nitrogens with one attached hydrogen (secondary N) is 1. The Morgan fingerprint density at radius 2 is 2.36 bits per heavy atom. The highest BCUT2D eigenvalue weighted by Gasteiger charge is 2.12. The Kier molecular flexibility index (Phi) is 3.82. The molecule has 0 saturated carbocycles. The van der Waals surface area contributed by atoms with Crippen LogP contribution in [0.1, 0.15) is 5.56 Å². The lowest BCUT2D eigenvalue weighted by Crippen LogP contribution is -2.12. The monoisotopic (exact) mass is 216 g/mol. The van der Waals surface area contributed by atoms with Crippen molar-refractivity contribution in [3.63, 3.8) is 0 Å². The predicted molar refractivity (Wildman–Crippen MR) is 52.0 cm³/mol. The summed E-state index contributed by atoms with van der Waals surface area (Å²) in [5.74, 6) is 0. The minimum atomic E-state index is -0.455. The van der Waals surface area contributed by atoms with Crippen LogP contribution < -0.4 is 5.48 Å². The summed E-state index contributed by atoms with van der Waals surface area (Å²) >= 11 is 5.71. The molecule has 0 bridgehead atoms. The van der Waals surface area contributed by atoms with Gasteiger partial charge in [0.05, 0.1) is 18.6 Å². The molecule has 0 unspecified atom stereocenters. The predicted octanol–water partition coefficient (Wildman–Crippen LogP) is 1.90. The van der Waals surface area contributed by atoms with Gasteiger partial charge in [0.25, 0.3) is 5.69 Å². The Balaban J connectivity index is 2.97. The fourth-order valence-electron chi connectivity index (χ4n) is 1.02. The van der Waals surface area contributed by atoms with Crippen molar-refractivity contribution in [2.75, 3.05) is 7.11 Å². The van der Waals surface area contributed by atoms with Crippen molar-refractivity contribution in [1.29, 1.82) is 0 Å². The minimum absolute atomic E-state index is 0.0268. The van der Waals surface area contributed by atoms with E-state index >= 15 is 0 Å². The van der Waals surface area contributed by atoms with E-state index in [0.29, 0.717) is 10.6 Å². The van der Waals surface area contributed by atoms with Crippen LogP contribution >= 0.6 is 11.6 Å². The lowest BCUT2D eigenvalue weighted by molar-refractivity contribution is -0.385. The van der Waals surface area contributed by atoms with E-state index in [1.807, 2.05) is 0 Å². The Labute approximate surface area is 85.7 Å². The highest BCUT2D eigenvalue weighted by molar-refractivity contribution is 6.30. The highest BCUT2D eigenvalue weighted by atomic mass is 35.5. The maximum Gasteiger partial charge on any atom is 0.274 e. The second-order valence-electron chi connectivity index (χ2n) is 2.56. The smallest absolute Gasteiger partial charge is 0.274 e. The van der Waals surface area contributed by atoms with Gasteiger partial charge in [0.2, 0.25) is 0 Å². The molecule has 14 heavy (non-hydrogen) atoms. The van der Waals surface area contributed by atoms with Crippen LogP contribution in [0, 0.1) is 10.1 Å². The molecule has 1 rings (SSSR count). The summed E-state index contributed by atoms with van der Waals surface area (Å²) in [6.07, 6.45) is 0. The molecule has 0 saturated heterocycles. The van der Waals surface area contributed by atoms with E-state index in [1.165, 1.54) is 25.3 Å². The molecule has 0 spiro atoms. The van der Waals surface area contributed by atoms with Crippen LogP contribution in [-0.2, 0) is 11.4 Å². The van der Waals surface area contributed by atoms with Crippen LogP contribution in [-0.4, -0.2) is 12.0 Å². The van der Waals surface area contributed by atoms with Crippen LogP contribution in [0.4, 0.5) is 5.69 Å². The van der Waals surface area contributed by atoms with Crippen LogP contribution in [0.25, 0.3) is 0 Å². The van der Waals surface area contributed by atoms with E-state index in [1.54, 1.807) is 0 Å². The molecule has 0 amide bonds. The molecule has 1 N–H and O–H groups in total. The first kappa shape index (κ1) is 10.9. The van der Waals surface area contributed by atoms with Gasteiger partial charge in [0.15, 0.2) is 0 Å². The maximum absolute atomic E-state index is 10.6. The molecule has 1 aromatic carbocycles. The Morgan fingerprint density at radius 1 is 1.64 bits per heavy atom. The molecule has 6 heteroatoms. The first-order chi connectivity index (χ1) is 6.65. The van der Waals surface area contributed by atoms with E-state index in [9.17, 15) is 10.1 Å². The molecule has 0 aromatic heterocycles. The van der Waals surface area contributed by atoms with Gasteiger partial charge in [-0.15, -0.1) is 0 Å². The standard InChI is InChI=1S/C8H9ClN2O3/c1-14-10-5-6-4-7(9)2-3-8(6)11(12)13/h2-4,10H,5H2,1H3. The van der Waals surface area contributed by atoms with Crippen LogP contribution in [0.2, 0.25) is 5.02 Å². The van der Waals surface area contributed by atoms with Crippen molar-refractivity contribution in [3.05, 3.63) is 38.9 Å². The van der Waals surface area contributed by atoms with Gasteiger partial charge in [-0.2, -0.15) is 5.48 Å². The molecule has 76 valence electrons. The first-order valence-corrected chi connectivity index (χ1v) is 4.21. The van der Waals surface area contributed by atoms with E-state index in [4.69, 9.17) is 11.6 Å². The van der Waals surface area contributed by atoms with Crippen molar-refractivity contribution in [3.8, 4) is 0 Å². The zero-order valence-electron chi connectivity index (χ0n) is 7.49. The van der Waals surface area contributed by atoms with E-state index in [-0.39, 0.29) is 12.2 Å². The number of hydroxylamine groups is 1. The van der Waals surface area contributed by atoms with Gasteiger partial charge >= 0.3 is 0 Å². The number of halogens is 1. The van der Waals surface area contributed by atoms with Crippen LogP contribution in [0.3, 0.4) is 0 Å². The molecular formula is C8H9ClN2O3. The van der Waals surface area contributed by atoms with Crippen molar-refractivity contribution in [2.24, 2.45) is 0 Å². The summed E-state index contributed by atoms with van der Waals surface area (Å²) in [6, 6.07) is 4.39. The molecular weight excluding hydrogens is 208 g/mol.